The van der Waals surface area contributed by atoms with Crippen LogP contribution in [0.4, 0.5) is 13.2 Å². The van der Waals surface area contributed by atoms with Crippen LogP contribution in [0.25, 0.3) is 0 Å². The fourth-order valence-electron chi connectivity index (χ4n) is 0.958. The van der Waals surface area contributed by atoms with E-state index in [0.29, 0.717) is 12.3 Å². The van der Waals surface area contributed by atoms with E-state index in [1.807, 2.05) is 13.8 Å². The number of halogens is 3. The number of rotatable bonds is 6. The maximum atomic E-state index is 11.6. The SMILES string of the molecule is CC(N)C(C)CCCOCC(F)(F)F. The molecule has 5 heteroatoms. The van der Waals surface area contributed by atoms with Crippen molar-refractivity contribution < 1.29 is 17.9 Å². The molecule has 0 fully saturated rings. The van der Waals surface area contributed by atoms with Crippen molar-refractivity contribution >= 4 is 0 Å². The Morgan fingerprint density at radius 1 is 1.29 bits per heavy atom. The number of ether oxygens (including phenoxy) is 1. The molecule has 0 aliphatic heterocycles. The number of hydrogen-bond donors (Lipinski definition) is 1. The van der Waals surface area contributed by atoms with Gasteiger partial charge in [-0.25, -0.2) is 0 Å². The smallest absolute Gasteiger partial charge is 0.372 e. The van der Waals surface area contributed by atoms with E-state index in [9.17, 15) is 13.2 Å². The summed E-state index contributed by atoms with van der Waals surface area (Å²) in [7, 11) is 0. The fourth-order valence-corrected chi connectivity index (χ4v) is 0.958. The van der Waals surface area contributed by atoms with Crippen LogP contribution in [0.3, 0.4) is 0 Å². The molecule has 2 N–H and O–H groups in total. The Bertz CT molecular complexity index is 147. The minimum absolute atomic E-state index is 0.0811. The Labute approximate surface area is 82.6 Å². The van der Waals surface area contributed by atoms with Gasteiger partial charge in [-0.1, -0.05) is 6.92 Å². The van der Waals surface area contributed by atoms with Crippen LogP contribution in [0.5, 0.6) is 0 Å². The molecule has 0 aromatic heterocycles. The summed E-state index contributed by atoms with van der Waals surface area (Å²) in [5, 5.41) is 0. The van der Waals surface area contributed by atoms with Gasteiger partial charge in [0.05, 0.1) is 0 Å². The topological polar surface area (TPSA) is 35.2 Å². The lowest BCUT2D eigenvalue weighted by Gasteiger charge is -2.15. The van der Waals surface area contributed by atoms with Gasteiger partial charge in [0.1, 0.15) is 6.61 Å². The average Bonchev–Trinajstić information content (AvgIpc) is 2.01. The van der Waals surface area contributed by atoms with Gasteiger partial charge < -0.3 is 10.5 Å². The minimum Gasteiger partial charge on any atom is -0.372 e. The quantitative estimate of drug-likeness (QED) is 0.687. The number of nitrogens with two attached hydrogens (primary N) is 1. The third-order valence-corrected chi connectivity index (χ3v) is 2.11. The first-order valence-electron chi connectivity index (χ1n) is 4.73. The number of hydrogen-bond acceptors (Lipinski definition) is 2. The molecule has 2 atom stereocenters. The van der Waals surface area contributed by atoms with Crippen molar-refractivity contribution in [2.75, 3.05) is 13.2 Å². The van der Waals surface area contributed by atoms with Crippen LogP contribution in [0.1, 0.15) is 26.7 Å². The summed E-state index contributed by atoms with van der Waals surface area (Å²) in [5.41, 5.74) is 5.60. The normalized spacial score (nSPS) is 16.7. The highest BCUT2D eigenvalue weighted by molar-refractivity contribution is 4.63. The van der Waals surface area contributed by atoms with Gasteiger partial charge in [-0.15, -0.1) is 0 Å². The molecule has 0 amide bonds. The molecule has 86 valence electrons. The lowest BCUT2D eigenvalue weighted by Crippen LogP contribution is -2.24. The van der Waals surface area contributed by atoms with Crippen molar-refractivity contribution in [3.63, 3.8) is 0 Å². The summed E-state index contributed by atoms with van der Waals surface area (Å²) in [5.74, 6) is 0.324. The lowest BCUT2D eigenvalue weighted by molar-refractivity contribution is -0.174. The summed E-state index contributed by atoms with van der Waals surface area (Å²) >= 11 is 0. The van der Waals surface area contributed by atoms with Gasteiger partial charge in [0.15, 0.2) is 0 Å². The van der Waals surface area contributed by atoms with E-state index in [0.717, 1.165) is 6.42 Å². The van der Waals surface area contributed by atoms with E-state index in [2.05, 4.69) is 4.74 Å². The second-order valence-electron chi connectivity index (χ2n) is 3.65. The Morgan fingerprint density at radius 3 is 2.29 bits per heavy atom. The summed E-state index contributed by atoms with van der Waals surface area (Å²) in [4.78, 5) is 0. The molecule has 0 rings (SSSR count). The van der Waals surface area contributed by atoms with Crippen LogP contribution < -0.4 is 5.73 Å². The maximum absolute atomic E-state index is 11.6. The summed E-state index contributed by atoms with van der Waals surface area (Å²) in [6.45, 7) is 2.87. The Kier molecular flexibility index (Phi) is 6.11. The summed E-state index contributed by atoms with van der Waals surface area (Å²) < 4.78 is 39.3. The standard InChI is InChI=1S/C9H18F3NO/c1-7(8(2)13)4-3-5-14-6-9(10,11)12/h7-8H,3-6,13H2,1-2H3. The Morgan fingerprint density at radius 2 is 1.86 bits per heavy atom. The molecule has 2 nitrogen and oxygen atoms in total. The molecule has 0 aliphatic carbocycles. The van der Waals surface area contributed by atoms with Gasteiger partial charge in [0, 0.05) is 12.6 Å². The predicted octanol–water partition coefficient (Wildman–Crippen LogP) is 2.33. The minimum atomic E-state index is -4.22. The number of alkyl halides is 3. The predicted molar refractivity (Wildman–Crippen MR) is 48.9 cm³/mol. The summed E-state index contributed by atoms with van der Waals surface area (Å²) in [6.07, 6.45) is -2.79. The van der Waals surface area contributed by atoms with Gasteiger partial charge in [0.25, 0.3) is 0 Å². The van der Waals surface area contributed by atoms with E-state index in [1.54, 1.807) is 0 Å². The van der Waals surface area contributed by atoms with Gasteiger partial charge in [0.2, 0.25) is 0 Å². The highest BCUT2D eigenvalue weighted by atomic mass is 19.4. The first kappa shape index (κ1) is 13.7. The van der Waals surface area contributed by atoms with Crippen molar-refractivity contribution in [1.82, 2.24) is 0 Å². The molecule has 0 aromatic carbocycles. The Balaban J connectivity index is 3.30. The molecular formula is C9H18F3NO. The highest BCUT2D eigenvalue weighted by Gasteiger charge is 2.27. The largest absolute Gasteiger partial charge is 0.411 e. The van der Waals surface area contributed by atoms with Crippen molar-refractivity contribution in [3.05, 3.63) is 0 Å². The van der Waals surface area contributed by atoms with Crippen LogP contribution in [0.15, 0.2) is 0 Å². The average molecular weight is 213 g/mol. The van der Waals surface area contributed by atoms with Crippen molar-refractivity contribution in [3.8, 4) is 0 Å². The molecule has 0 saturated carbocycles. The zero-order valence-electron chi connectivity index (χ0n) is 8.60. The van der Waals surface area contributed by atoms with Gasteiger partial charge in [-0.3, -0.25) is 0 Å². The fraction of sp³-hybridized carbons (Fsp3) is 1.00. The van der Waals surface area contributed by atoms with Gasteiger partial charge in [-0.05, 0) is 25.7 Å². The van der Waals surface area contributed by atoms with E-state index >= 15 is 0 Å². The van der Waals surface area contributed by atoms with E-state index in [4.69, 9.17) is 5.73 Å². The van der Waals surface area contributed by atoms with E-state index in [1.165, 1.54) is 0 Å². The Hall–Kier alpha value is -0.290. The van der Waals surface area contributed by atoms with Crippen molar-refractivity contribution in [2.45, 2.75) is 38.9 Å². The van der Waals surface area contributed by atoms with Gasteiger partial charge in [-0.2, -0.15) is 13.2 Å². The van der Waals surface area contributed by atoms with Crippen LogP contribution in [-0.2, 0) is 4.74 Å². The van der Waals surface area contributed by atoms with Crippen molar-refractivity contribution in [2.24, 2.45) is 11.7 Å². The van der Waals surface area contributed by atoms with Gasteiger partial charge >= 0.3 is 6.18 Å². The van der Waals surface area contributed by atoms with E-state index < -0.39 is 12.8 Å². The van der Waals surface area contributed by atoms with Crippen LogP contribution in [-0.4, -0.2) is 25.4 Å². The monoisotopic (exact) mass is 213 g/mol. The van der Waals surface area contributed by atoms with Crippen LogP contribution in [0.2, 0.25) is 0 Å². The molecule has 0 radical (unpaired) electrons. The van der Waals surface area contributed by atoms with Crippen LogP contribution >= 0.6 is 0 Å². The highest BCUT2D eigenvalue weighted by Crippen LogP contribution is 2.15. The molecule has 0 aromatic rings. The molecule has 14 heavy (non-hydrogen) atoms. The second-order valence-corrected chi connectivity index (χ2v) is 3.65. The third kappa shape index (κ3) is 8.31. The molecule has 2 unspecified atom stereocenters. The first-order chi connectivity index (χ1) is 6.33. The second kappa shape index (κ2) is 6.24. The maximum Gasteiger partial charge on any atom is 0.411 e. The molecule has 0 heterocycles. The third-order valence-electron chi connectivity index (χ3n) is 2.11. The zero-order valence-corrected chi connectivity index (χ0v) is 8.60. The molecule has 0 spiro atoms. The van der Waals surface area contributed by atoms with Crippen molar-refractivity contribution in [1.29, 1.82) is 0 Å². The lowest BCUT2D eigenvalue weighted by atomic mass is 9.99. The van der Waals surface area contributed by atoms with Crippen LogP contribution in [0, 0.1) is 5.92 Å². The molecule has 0 aliphatic rings. The molecular weight excluding hydrogens is 195 g/mol. The summed E-state index contributed by atoms with van der Waals surface area (Å²) in [6, 6.07) is 0.0811. The first-order valence-corrected chi connectivity index (χ1v) is 4.73. The molecule has 0 bridgehead atoms. The van der Waals surface area contributed by atoms with E-state index in [-0.39, 0.29) is 12.6 Å². The zero-order chi connectivity index (χ0) is 11.2. The molecule has 0 saturated heterocycles.